The normalized spacial score (nSPS) is 24.2. The number of sulfonamides is 1. The number of amidine groups is 1. The van der Waals surface area contributed by atoms with E-state index in [-0.39, 0.29) is 4.90 Å². The summed E-state index contributed by atoms with van der Waals surface area (Å²) >= 11 is 8.11. The van der Waals surface area contributed by atoms with Crippen LogP contribution in [0.25, 0.3) is 0 Å². The molecule has 1 aliphatic carbocycles. The lowest BCUT2D eigenvalue weighted by molar-refractivity contribution is 0.0730. The molecule has 3 fully saturated rings. The summed E-state index contributed by atoms with van der Waals surface area (Å²) in [4.78, 5) is 7.43. The van der Waals surface area contributed by atoms with Gasteiger partial charge < -0.3 is 9.64 Å². The molecule has 0 bridgehead atoms. The van der Waals surface area contributed by atoms with Crippen LogP contribution in [0.15, 0.2) is 28.1 Å². The van der Waals surface area contributed by atoms with Crippen molar-refractivity contribution in [2.75, 3.05) is 38.6 Å². The van der Waals surface area contributed by atoms with Crippen LogP contribution in [0.3, 0.4) is 0 Å². The third-order valence-corrected chi connectivity index (χ3v) is 8.75. The Labute approximate surface area is 176 Å². The highest BCUT2D eigenvalue weighted by molar-refractivity contribution is 8.14. The largest absolute Gasteiger partial charge is 0.379 e. The maximum Gasteiger partial charge on any atom is 0.243 e. The Morgan fingerprint density at radius 3 is 2.61 bits per heavy atom. The number of aliphatic imine (C=N–C) groups is 1. The first-order chi connectivity index (χ1) is 13.6. The number of ether oxygens (including phenoxy) is 1. The Hall–Kier alpha value is -0.800. The lowest BCUT2D eigenvalue weighted by Crippen LogP contribution is -2.40. The standard InChI is InChI=1S/C19H26ClN3O3S2/c20-17-7-6-16(28(24,25)22-8-11-26-12-9-22)14-18(17)21-19-23(10-13-27-19)15-4-2-1-3-5-15/h6-7,14-15H,1-5,8-13H2. The zero-order valence-corrected chi connectivity index (χ0v) is 18.2. The summed E-state index contributed by atoms with van der Waals surface area (Å²) in [6.45, 7) is 2.60. The molecule has 0 unspecified atom stereocenters. The Balaban J connectivity index is 1.61. The zero-order chi connectivity index (χ0) is 19.6. The molecule has 28 heavy (non-hydrogen) atoms. The highest BCUT2D eigenvalue weighted by Crippen LogP contribution is 2.34. The summed E-state index contributed by atoms with van der Waals surface area (Å²) in [5.41, 5.74) is 0.529. The topological polar surface area (TPSA) is 62.2 Å². The lowest BCUT2D eigenvalue weighted by atomic mass is 9.94. The number of benzene rings is 1. The van der Waals surface area contributed by atoms with Gasteiger partial charge in [0.25, 0.3) is 0 Å². The second kappa shape index (κ2) is 8.92. The molecule has 1 aromatic carbocycles. The molecule has 0 amide bonds. The molecule has 0 N–H and O–H groups in total. The Morgan fingerprint density at radius 1 is 1.11 bits per heavy atom. The molecule has 0 spiro atoms. The van der Waals surface area contributed by atoms with Crippen LogP contribution in [0.5, 0.6) is 0 Å². The number of hydrogen-bond acceptors (Lipinski definition) is 5. The van der Waals surface area contributed by atoms with Gasteiger partial charge in [-0.2, -0.15) is 4.31 Å². The first-order valence-electron chi connectivity index (χ1n) is 9.91. The van der Waals surface area contributed by atoms with E-state index in [1.807, 2.05) is 0 Å². The second-order valence-corrected chi connectivity index (χ2v) is 10.8. The van der Waals surface area contributed by atoms with Crippen molar-refractivity contribution < 1.29 is 13.2 Å². The molecule has 0 atom stereocenters. The van der Waals surface area contributed by atoms with Crippen molar-refractivity contribution in [2.24, 2.45) is 4.99 Å². The van der Waals surface area contributed by atoms with Crippen LogP contribution in [-0.4, -0.2) is 67.4 Å². The van der Waals surface area contributed by atoms with Gasteiger partial charge in [-0.3, -0.25) is 0 Å². The van der Waals surface area contributed by atoms with Crippen LogP contribution in [0.4, 0.5) is 5.69 Å². The minimum absolute atomic E-state index is 0.241. The van der Waals surface area contributed by atoms with Crippen molar-refractivity contribution in [1.82, 2.24) is 9.21 Å². The molecule has 4 rings (SSSR count). The van der Waals surface area contributed by atoms with Gasteiger partial charge in [-0.25, -0.2) is 13.4 Å². The Morgan fingerprint density at radius 2 is 1.86 bits per heavy atom. The van der Waals surface area contributed by atoms with E-state index in [9.17, 15) is 8.42 Å². The number of thioether (sulfide) groups is 1. The number of nitrogens with zero attached hydrogens (tertiary/aromatic N) is 3. The first-order valence-corrected chi connectivity index (χ1v) is 12.7. The lowest BCUT2D eigenvalue weighted by Gasteiger charge is -2.32. The fourth-order valence-electron chi connectivity index (χ4n) is 4.02. The molecule has 9 heteroatoms. The van der Waals surface area contributed by atoms with Crippen molar-refractivity contribution in [1.29, 1.82) is 0 Å². The van der Waals surface area contributed by atoms with Crippen molar-refractivity contribution in [2.45, 2.75) is 43.0 Å². The third kappa shape index (κ3) is 4.36. The van der Waals surface area contributed by atoms with Gasteiger partial charge in [0.15, 0.2) is 5.17 Å². The second-order valence-electron chi connectivity index (χ2n) is 7.36. The van der Waals surface area contributed by atoms with Gasteiger partial charge >= 0.3 is 0 Å². The van der Waals surface area contributed by atoms with Crippen LogP contribution in [-0.2, 0) is 14.8 Å². The zero-order valence-electron chi connectivity index (χ0n) is 15.8. The van der Waals surface area contributed by atoms with Gasteiger partial charge in [-0.15, -0.1) is 0 Å². The summed E-state index contributed by atoms with van der Waals surface area (Å²) in [6.07, 6.45) is 6.27. The Kier molecular flexibility index (Phi) is 6.52. The van der Waals surface area contributed by atoms with Crippen LogP contribution in [0, 0.1) is 0 Å². The molecule has 2 heterocycles. The molecule has 1 aromatic rings. The third-order valence-electron chi connectivity index (χ3n) is 5.57. The molecule has 6 nitrogen and oxygen atoms in total. The van der Waals surface area contributed by atoms with E-state index in [1.165, 1.54) is 36.4 Å². The summed E-state index contributed by atoms with van der Waals surface area (Å²) in [7, 11) is -3.56. The quantitative estimate of drug-likeness (QED) is 0.709. The van der Waals surface area contributed by atoms with Gasteiger partial charge in [-0.1, -0.05) is 42.6 Å². The van der Waals surface area contributed by atoms with Crippen LogP contribution in [0.2, 0.25) is 5.02 Å². The van der Waals surface area contributed by atoms with Gasteiger partial charge in [0.1, 0.15) is 0 Å². The first kappa shape index (κ1) is 20.5. The predicted molar refractivity (Wildman–Crippen MR) is 114 cm³/mol. The number of rotatable bonds is 4. The SMILES string of the molecule is O=S(=O)(c1ccc(Cl)c(N=C2SCCN2C2CCCCC2)c1)N1CCOCC1. The molecule has 0 aromatic heterocycles. The molecule has 0 radical (unpaired) electrons. The van der Waals surface area contributed by atoms with Crippen molar-refractivity contribution in [3.8, 4) is 0 Å². The van der Waals surface area contributed by atoms with Gasteiger partial charge in [0.2, 0.25) is 10.0 Å². The van der Waals surface area contributed by atoms with E-state index in [0.29, 0.717) is 43.1 Å². The van der Waals surface area contributed by atoms with E-state index < -0.39 is 10.0 Å². The van der Waals surface area contributed by atoms with E-state index in [2.05, 4.69) is 4.90 Å². The summed E-state index contributed by atoms with van der Waals surface area (Å²) < 4.78 is 32.7. The fraction of sp³-hybridized carbons (Fsp3) is 0.632. The molecule has 3 aliphatic rings. The highest BCUT2D eigenvalue weighted by atomic mass is 35.5. The smallest absolute Gasteiger partial charge is 0.243 e. The monoisotopic (exact) mass is 443 g/mol. The van der Waals surface area contributed by atoms with E-state index in [1.54, 1.807) is 30.0 Å². The molecular formula is C19H26ClN3O3S2. The maximum atomic E-state index is 13.0. The predicted octanol–water partition coefficient (Wildman–Crippen LogP) is 3.73. The van der Waals surface area contributed by atoms with Crippen LogP contribution < -0.4 is 0 Å². The number of hydrogen-bond donors (Lipinski definition) is 0. The summed E-state index contributed by atoms with van der Waals surface area (Å²) in [6, 6.07) is 5.36. The molecular weight excluding hydrogens is 418 g/mol. The average molecular weight is 444 g/mol. The van der Waals surface area contributed by atoms with Crippen molar-refractivity contribution in [3.63, 3.8) is 0 Å². The van der Waals surface area contributed by atoms with Gasteiger partial charge in [0.05, 0.1) is 28.8 Å². The van der Waals surface area contributed by atoms with E-state index >= 15 is 0 Å². The number of morpholine rings is 1. The van der Waals surface area contributed by atoms with Crippen molar-refractivity contribution in [3.05, 3.63) is 23.2 Å². The van der Waals surface area contributed by atoms with Gasteiger partial charge in [-0.05, 0) is 31.0 Å². The minimum atomic E-state index is -3.56. The summed E-state index contributed by atoms with van der Waals surface area (Å²) in [5.74, 6) is 1.01. The van der Waals surface area contributed by atoms with Crippen LogP contribution in [0.1, 0.15) is 32.1 Å². The minimum Gasteiger partial charge on any atom is -0.379 e. The number of halogens is 1. The van der Waals surface area contributed by atoms with Crippen molar-refractivity contribution >= 4 is 44.2 Å². The molecule has 1 saturated carbocycles. The van der Waals surface area contributed by atoms with E-state index in [4.69, 9.17) is 21.3 Å². The van der Waals surface area contributed by atoms with Gasteiger partial charge in [0, 0.05) is 31.4 Å². The fourth-order valence-corrected chi connectivity index (χ4v) is 6.65. The maximum absolute atomic E-state index is 13.0. The molecule has 2 saturated heterocycles. The molecule has 2 aliphatic heterocycles. The average Bonchev–Trinajstić information content (AvgIpc) is 3.19. The Bertz CT molecular complexity index is 835. The van der Waals surface area contributed by atoms with E-state index in [0.717, 1.165) is 17.5 Å². The highest BCUT2D eigenvalue weighted by Gasteiger charge is 2.30. The van der Waals surface area contributed by atoms with Crippen LogP contribution >= 0.6 is 23.4 Å². The molecule has 154 valence electrons. The summed E-state index contributed by atoms with van der Waals surface area (Å²) in [5, 5.41) is 1.44.